The minimum absolute atomic E-state index is 0.0463. The average molecular weight is 654 g/mol. The fraction of sp³-hybridized carbons (Fsp3) is 0.632. The number of Topliss-reactive ketones (excluding diaryl/α,β-unsaturated/α-hetero) is 2. The monoisotopic (exact) mass is 653 g/mol. The molecule has 0 aliphatic carbocycles. The number of carbonyl (C=O) groups excluding carboxylic acids is 4. The molecule has 2 heterocycles. The molecule has 2 aliphatic heterocycles. The summed E-state index contributed by atoms with van der Waals surface area (Å²) >= 11 is 0. The lowest BCUT2D eigenvalue weighted by Gasteiger charge is -2.39. The molecule has 9 nitrogen and oxygen atoms in total. The maximum Gasteiger partial charge on any atom is 0.329 e. The third-order valence-corrected chi connectivity index (χ3v) is 10.4. The van der Waals surface area contributed by atoms with Gasteiger partial charge in [-0.25, -0.2) is 4.79 Å². The third-order valence-electron chi connectivity index (χ3n) is 10.4. The topological polar surface area (TPSA) is 130 Å². The minimum Gasteiger partial charge on any atom is -0.456 e. The summed E-state index contributed by atoms with van der Waals surface area (Å²) in [6.45, 7) is 9.41. The molecule has 260 valence electrons. The number of cyclic esters (lactones) is 1. The molecule has 0 saturated carbocycles. The second kappa shape index (κ2) is 17.9. The highest BCUT2D eigenvalue weighted by Crippen LogP contribution is 2.31. The SMILES string of the molecule is CC[C@H](Cc1ccccc1)[C@@H]1/C=C/C=C/CC(=O)[C@@H](C)[C@H](O)[C@@H](C)[C@@H](C)CC[C@@H](C)C(=O)C(O)(OC)C(=O)N2CCCC[C@H]2C(=O)O1. The normalized spacial score (nSPS) is 34.5. The van der Waals surface area contributed by atoms with Crippen molar-refractivity contribution in [3.8, 4) is 0 Å². The molecule has 3 rings (SSSR count). The van der Waals surface area contributed by atoms with E-state index in [2.05, 4.69) is 0 Å². The second-order valence-electron chi connectivity index (χ2n) is 13.6. The number of hydrogen-bond acceptors (Lipinski definition) is 8. The van der Waals surface area contributed by atoms with Crippen LogP contribution in [0, 0.1) is 29.6 Å². The molecule has 1 saturated heterocycles. The molecule has 1 aromatic rings. The largest absolute Gasteiger partial charge is 0.456 e. The Balaban J connectivity index is 2.00. The van der Waals surface area contributed by atoms with Gasteiger partial charge in [-0.05, 0) is 68.4 Å². The van der Waals surface area contributed by atoms with Gasteiger partial charge in [0.15, 0.2) is 0 Å². The van der Waals surface area contributed by atoms with Crippen LogP contribution in [0.25, 0.3) is 0 Å². The molecule has 0 spiro atoms. The van der Waals surface area contributed by atoms with Crippen LogP contribution in [-0.2, 0) is 35.1 Å². The summed E-state index contributed by atoms with van der Waals surface area (Å²) in [6, 6.07) is 8.93. The summed E-state index contributed by atoms with van der Waals surface area (Å²) in [5, 5.41) is 22.5. The van der Waals surface area contributed by atoms with Crippen molar-refractivity contribution in [1.29, 1.82) is 0 Å². The van der Waals surface area contributed by atoms with Crippen molar-refractivity contribution < 1.29 is 38.9 Å². The van der Waals surface area contributed by atoms with Crippen LogP contribution in [0.3, 0.4) is 0 Å². The number of fused-ring (bicyclic) bond motifs is 1. The molecule has 9 heteroatoms. The third kappa shape index (κ3) is 9.71. The van der Waals surface area contributed by atoms with Crippen LogP contribution in [0.2, 0.25) is 0 Å². The van der Waals surface area contributed by atoms with Crippen LogP contribution >= 0.6 is 0 Å². The Morgan fingerprint density at radius 2 is 1.70 bits per heavy atom. The molecule has 9 atom stereocenters. The highest BCUT2D eigenvalue weighted by Gasteiger charge is 2.51. The summed E-state index contributed by atoms with van der Waals surface area (Å²) in [4.78, 5) is 55.7. The molecule has 47 heavy (non-hydrogen) atoms. The maximum atomic E-state index is 13.9. The van der Waals surface area contributed by atoms with E-state index in [1.54, 1.807) is 38.2 Å². The van der Waals surface area contributed by atoms with E-state index < -0.39 is 53.5 Å². The fourth-order valence-corrected chi connectivity index (χ4v) is 6.67. The number of ketones is 2. The van der Waals surface area contributed by atoms with Crippen molar-refractivity contribution in [1.82, 2.24) is 4.90 Å². The van der Waals surface area contributed by atoms with Crippen LogP contribution in [0.4, 0.5) is 0 Å². The van der Waals surface area contributed by atoms with Gasteiger partial charge < -0.3 is 24.6 Å². The Morgan fingerprint density at radius 1 is 1.00 bits per heavy atom. The fourth-order valence-electron chi connectivity index (χ4n) is 6.67. The predicted octanol–water partition coefficient (Wildman–Crippen LogP) is 5.22. The lowest BCUT2D eigenvalue weighted by atomic mass is 9.79. The van der Waals surface area contributed by atoms with Gasteiger partial charge in [-0.15, -0.1) is 0 Å². The van der Waals surface area contributed by atoms with Gasteiger partial charge in [0.05, 0.1) is 6.10 Å². The van der Waals surface area contributed by atoms with Crippen LogP contribution in [0.1, 0.15) is 85.1 Å². The number of piperidine rings is 1. The number of aliphatic hydroxyl groups is 2. The van der Waals surface area contributed by atoms with Gasteiger partial charge in [-0.3, -0.25) is 14.4 Å². The second-order valence-corrected chi connectivity index (χ2v) is 13.6. The van der Waals surface area contributed by atoms with Crippen molar-refractivity contribution >= 4 is 23.4 Å². The van der Waals surface area contributed by atoms with Crippen molar-refractivity contribution in [3.05, 3.63) is 60.2 Å². The summed E-state index contributed by atoms with van der Waals surface area (Å²) in [6.07, 6.45) is 9.51. The first-order chi connectivity index (χ1) is 22.3. The van der Waals surface area contributed by atoms with Crippen molar-refractivity contribution in [2.45, 2.75) is 110 Å². The number of hydrogen-bond donors (Lipinski definition) is 2. The Morgan fingerprint density at radius 3 is 2.36 bits per heavy atom. The van der Waals surface area contributed by atoms with E-state index >= 15 is 0 Å². The lowest BCUT2D eigenvalue weighted by Crippen LogP contribution is -2.61. The van der Waals surface area contributed by atoms with E-state index in [0.29, 0.717) is 44.9 Å². The highest BCUT2D eigenvalue weighted by atomic mass is 16.6. The number of amides is 1. The zero-order chi connectivity index (χ0) is 34.7. The van der Waals surface area contributed by atoms with Crippen molar-refractivity contribution in [2.75, 3.05) is 13.7 Å². The van der Waals surface area contributed by atoms with Crippen LogP contribution in [0.5, 0.6) is 0 Å². The number of nitrogens with zero attached hydrogens (tertiary/aromatic N) is 1. The first-order valence-electron chi connectivity index (χ1n) is 17.3. The average Bonchev–Trinajstić information content (AvgIpc) is 3.09. The smallest absolute Gasteiger partial charge is 0.329 e. The van der Waals surface area contributed by atoms with Gasteiger partial charge in [-0.1, -0.05) is 83.2 Å². The van der Waals surface area contributed by atoms with E-state index in [4.69, 9.17) is 9.47 Å². The molecular formula is C38H55NO8. The zero-order valence-corrected chi connectivity index (χ0v) is 29.0. The quantitative estimate of drug-likeness (QED) is 0.251. The van der Waals surface area contributed by atoms with Crippen LogP contribution < -0.4 is 0 Å². The Hall–Kier alpha value is -3.14. The van der Waals surface area contributed by atoms with E-state index in [9.17, 15) is 29.4 Å². The maximum absolute atomic E-state index is 13.9. The van der Waals surface area contributed by atoms with Crippen molar-refractivity contribution in [3.63, 3.8) is 0 Å². The molecule has 1 amide bonds. The summed E-state index contributed by atoms with van der Waals surface area (Å²) in [5.74, 6) is -6.89. The van der Waals surface area contributed by atoms with E-state index in [1.165, 1.54) is 4.90 Å². The molecule has 1 fully saturated rings. The molecule has 2 aliphatic rings. The molecule has 0 radical (unpaired) electrons. The molecular weight excluding hydrogens is 598 g/mol. The number of benzene rings is 1. The van der Waals surface area contributed by atoms with Gasteiger partial charge >= 0.3 is 11.8 Å². The van der Waals surface area contributed by atoms with Gasteiger partial charge in [0.25, 0.3) is 5.91 Å². The predicted molar refractivity (Wildman–Crippen MR) is 180 cm³/mol. The van der Waals surface area contributed by atoms with Crippen LogP contribution in [-0.4, -0.2) is 76.2 Å². The first kappa shape index (κ1) is 38.3. The number of carbonyl (C=O) groups is 4. The minimum atomic E-state index is -2.76. The van der Waals surface area contributed by atoms with Gasteiger partial charge in [0.1, 0.15) is 17.9 Å². The van der Waals surface area contributed by atoms with Crippen LogP contribution in [0.15, 0.2) is 54.6 Å². The molecule has 1 aromatic carbocycles. The summed E-state index contributed by atoms with van der Waals surface area (Å²) in [5.41, 5.74) is 1.09. The Labute approximate surface area is 280 Å². The number of ether oxygens (including phenoxy) is 2. The van der Waals surface area contributed by atoms with E-state index in [-0.39, 0.29) is 36.5 Å². The van der Waals surface area contributed by atoms with E-state index in [1.807, 2.05) is 51.1 Å². The lowest BCUT2D eigenvalue weighted by molar-refractivity contribution is -0.213. The molecule has 0 bridgehead atoms. The molecule has 0 aromatic heterocycles. The first-order valence-corrected chi connectivity index (χ1v) is 17.3. The van der Waals surface area contributed by atoms with Gasteiger partial charge in [0.2, 0.25) is 5.78 Å². The van der Waals surface area contributed by atoms with Gasteiger partial charge in [0, 0.05) is 37.8 Å². The Bertz CT molecular complexity index is 1260. The van der Waals surface area contributed by atoms with Gasteiger partial charge in [-0.2, -0.15) is 0 Å². The highest BCUT2D eigenvalue weighted by molar-refractivity contribution is 6.09. The molecule has 1 unspecified atom stereocenters. The van der Waals surface area contributed by atoms with Crippen molar-refractivity contribution in [2.24, 2.45) is 29.6 Å². The summed E-state index contributed by atoms with van der Waals surface area (Å²) in [7, 11) is 1.12. The molecule has 2 N–H and O–H groups in total. The number of allylic oxidation sites excluding steroid dienone is 3. The summed E-state index contributed by atoms with van der Waals surface area (Å²) < 4.78 is 11.4. The zero-order valence-electron chi connectivity index (χ0n) is 29.0. The number of esters is 1. The van der Waals surface area contributed by atoms with E-state index in [0.717, 1.165) is 12.7 Å². The number of aliphatic hydroxyl groups excluding tert-OH is 1. The Kier molecular flexibility index (Phi) is 14.6. The standard InChI is InChI=1S/C38H55NO8/c1-7-30(24-29-16-10-8-11-17-29)33-20-13-9-12-19-32(40)28(5)34(41)27(4)25(2)21-22-26(3)35(42)38(45,46-6)37(44)39-23-15-14-18-31(39)36(43)47-33/h8-13,16-17,20,25-28,30-31,33-34,41,45H,7,14-15,18-19,21-24H2,1-6H3/b12-9+,20-13+/t25-,26+,27-,28+,30+,31-,33-,34+,38?/m0/s1. The number of rotatable bonds is 5. The number of methoxy groups -OCH3 is 1.